The Morgan fingerprint density at radius 2 is 1.54 bits per heavy atom. The smallest absolute Gasteiger partial charge is 0.326 e. The Kier molecular flexibility index (Phi) is 6.64. The lowest BCUT2D eigenvalue weighted by molar-refractivity contribution is 0.244. The second-order valence-corrected chi connectivity index (χ2v) is 8.66. The zero-order chi connectivity index (χ0) is 25.9. The van der Waals surface area contributed by atoms with Gasteiger partial charge in [0.2, 0.25) is 5.82 Å². The average molecular weight is 497 g/mol. The molecule has 1 atom stereocenters. The van der Waals surface area contributed by atoms with Crippen LogP contribution in [0, 0.1) is 0 Å². The van der Waals surface area contributed by atoms with Gasteiger partial charge in [-0.3, -0.25) is 4.90 Å². The first-order chi connectivity index (χ1) is 18.0. The minimum Gasteiger partial charge on any atom is -0.497 e. The molecule has 0 fully saturated rings. The van der Waals surface area contributed by atoms with Crippen LogP contribution in [0.4, 0.5) is 10.5 Å². The number of ether oxygens (including phenoxy) is 2. The average Bonchev–Trinajstić information content (AvgIpc) is 3.43. The number of hydrogen-bond acceptors (Lipinski definition) is 6. The Balaban J connectivity index is 1.61. The van der Waals surface area contributed by atoms with Gasteiger partial charge in [0.1, 0.15) is 11.5 Å². The number of nitrogens with one attached hydrogen (secondary N) is 1. The first kappa shape index (κ1) is 24.1. The maximum absolute atomic E-state index is 13.4. The van der Waals surface area contributed by atoms with Crippen LogP contribution in [0.5, 0.6) is 11.5 Å². The van der Waals surface area contributed by atoms with E-state index in [1.165, 1.54) is 5.56 Å². The van der Waals surface area contributed by atoms with E-state index in [9.17, 15) is 4.79 Å². The molecule has 0 saturated heterocycles. The summed E-state index contributed by atoms with van der Waals surface area (Å²) in [5.41, 5.74) is 5.05. The van der Waals surface area contributed by atoms with E-state index in [0.29, 0.717) is 34.4 Å². The van der Waals surface area contributed by atoms with Crippen molar-refractivity contribution in [2.24, 2.45) is 0 Å². The minimum atomic E-state index is -0.497. The van der Waals surface area contributed by atoms with Crippen LogP contribution in [0.2, 0.25) is 0 Å². The molecule has 1 N–H and O–H groups in total. The lowest BCUT2D eigenvalue weighted by Crippen LogP contribution is -2.46. The van der Waals surface area contributed by atoms with Crippen molar-refractivity contribution in [3.8, 4) is 22.9 Å². The number of urea groups is 1. The lowest BCUT2D eigenvalue weighted by atomic mass is 9.94. The Morgan fingerprint density at radius 3 is 2.14 bits per heavy atom. The summed E-state index contributed by atoms with van der Waals surface area (Å²) in [5.74, 6) is 2.25. The molecular formula is C29H28N4O4. The van der Waals surface area contributed by atoms with Gasteiger partial charge in [-0.1, -0.05) is 48.5 Å². The fraction of sp³-hybridized carbons (Fsp3) is 0.207. The molecule has 0 spiro atoms. The van der Waals surface area contributed by atoms with Crippen LogP contribution >= 0.6 is 0 Å². The number of allylic oxidation sites excluding steroid dienone is 1. The molecule has 8 heteroatoms. The highest BCUT2D eigenvalue weighted by Crippen LogP contribution is 2.39. The molecular weight excluding hydrogens is 468 g/mol. The third-order valence-corrected chi connectivity index (χ3v) is 6.54. The van der Waals surface area contributed by atoms with Crippen LogP contribution in [-0.2, 0) is 6.42 Å². The third kappa shape index (κ3) is 4.65. The van der Waals surface area contributed by atoms with Gasteiger partial charge in [0.05, 0.1) is 31.5 Å². The van der Waals surface area contributed by atoms with Gasteiger partial charge in [0.25, 0.3) is 5.89 Å². The summed E-state index contributed by atoms with van der Waals surface area (Å²) in [6.07, 6.45) is 0.953. The van der Waals surface area contributed by atoms with Crippen molar-refractivity contribution in [1.82, 2.24) is 15.5 Å². The highest BCUT2D eigenvalue weighted by atomic mass is 16.5. The SMILES string of the molecule is CCc1ccc(-c2noc(C3=C(C)N(c4ccc(OC)cc4)C(=O)NC3c3ccc(OC)cc3)n2)cc1. The number of rotatable bonds is 7. The van der Waals surface area contributed by atoms with Crippen molar-refractivity contribution in [2.45, 2.75) is 26.3 Å². The fourth-order valence-corrected chi connectivity index (χ4v) is 4.45. The van der Waals surface area contributed by atoms with Crippen LogP contribution in [0.3, 0.4) is 0 Å². The van der Waals surface area contributed by atoms with Gasteiger partial charge < -0.3 is 19.3 Å². The number of aryl methyl sites for hydroxylation is 1. The first-order valence-electron chi connectivity index (χ1n) is 12.0. The number of carbonyl (C=O) groups excluding carboxylic acids is 1. The summed E-state index contributed by atoms with van der Waals surface area (Å²) >= 11 is 0. The summed E-state index contributed by atoms with van der Waals surface area (Å²) in [6.45, 7) is 4.00. The molecule has 1 unspecified atom stereocenters. The number of carbonyl (C=O) groups is 1. The van der Waals surface area contributed by atoms with Gasteiger partial charge in [-0.15, -0.1) is 0 Å². The molecule has 2 amide bonds. The minimum absolute atomic E-state index is 0.262. The third-order valence-electron chi connectivity index (χ3n) is 6.54. The largest absolute Gasteiger partial charge is 0.497 e. The van der Waals surface area contributed by atoms with Crippen LogP contribution < -0.4 is 19.7 Å². The quantitative estimate of drug-likeness (QED) is 0.337. The number of amides is 2. The summed E-state index contributed by atoms with van der Waals surface area (Å²) in [7, 11) is 3.22. The van der Waals surface area contributed by atoms with Crippen LogP contribution in [-0.4, -0.2) is 30.4 Å². The van der Waals surface area contributed by atoms with Crippen LogP contribution in [0.25, 0.3) is 17.0 Å². The second kappa shape index (κ2) is 10.2. The number of anilines is 1. The molecule has 1 aromatic heterocycles. The highest BCUT2D eigenvalue weighted by Gasteiger charge is 2.36. The Labute approximate surface area is 215 Å². The van der Waals surface area contributed by atoms with E-state index in [2.05, 4.69) is 29.5 Å². The van der Waals surface area contributed by atoms with Crippen molar-refractivity contribution < 1.29 is 18.8 Å². The number of nitrogens with zero attached hydrogens (tertiary/aromatic N) is 3. The number of aromatic nitrogens is 2. The van der Waals surface area contributed by atoms with Gasteiger partial charge in [0.15, 0.2) is 0 Å². The van der Waals surface area contributed by atoms with Crippen LogP contribution in [0.1, 0.15) is 36.9 Å². The van der Waals surface area contributed by atoms with Gasteiger partial charge in [-0.2, -0.15) is 4.98 Å². The Bertz CT molecular complexity index is 1420. The molecule has 5 rings (SSSR count). The van der Waals surface area contributed by atoms with Crippen molar-refractivity contribution in [1.29, 1.82) is 0 Å². The predicted octanol–water partition coefficient (Wildman–Crippen LogP) is 6.02. The second-order valence-electron chi connectivity index (χ2n) is 8.66. The summed E-state index contributed by atoms with van der Waals surface area (Å²) in [5, 5.41) is 7.38. The highest BCUT2D eigenvalue weighted by molar-refractivity contribution is 6.01. The molecule has 0 saturated carbocycles. The maximum atomic E-state index is 13.4. The Hall–Kier alpha value is -4.59. The van der Waals surface area contributed by atoms with E-state index in [4.69, 9.17) is 19.0 Å². The standard InChI is InChI=1S/C29H28N4O4/c1-5-19-6-8-21(9-7-19)27-31-28(37-32-27)25-18(2)33(22-12-16-24(36-4)17-13-22)29(34)30-26(25)20-10-14-23(35-3)15-11-20/h6-17,26H,5H2,1-4H3,(H,30,34). The van der Waals surface area contributed by atoms with E-state index in [-0.39, 0.29) is 6.03 Å². The van der Waals surface area contributed by atoms with Gasteiger partial charge in [-0.25, -0.2) is 4.79 Å². The molecule has 3 aromatic carbocycles. The normalized spacial score (nSPS) is 15.5. The lowest BCUT2D eigenvalue weighted by Gasteiger charge is -2.35. The van der Waals surface area contributed by atoms with E-state index in [0.717, 1.165) is 23.3 Å². The van der Waals surface area contributed by atoms with E-state index in [1.807, 2.05) is 67.6 Å². The monoisotopic (exact) mass is 496 g/mol. The van der Waals surface area contributed by atoms with Crippen molar-refractivity contribution in [3.63, 3.8) is 0 Å². The zero-order valence-electron chi connectivity index (χ0n) is 21.2. The molecule has 188 valence electrons. The van der Waals surface area contributed by atoms with Gasteiger partial charge >= 0.3 is 6.03 Å². The fourth-order valence-electron chi connectivity index (χ4n) is 4.45. The topological polar surface area (TPSA) is 89.7 Å². The number of hydrogen-bond donors (Lipinski definition) is 1. The predicted molar refractivity (Wildman–Crippen MR) is 141 cm³/mol. The van der Waals surface area contributed by atoms with Crippen LogP contribution in [0.15, 0.2) is 83.0 Å². The van der Waals surface area contributed by atoms with E-state index >= 15 is 0 Å². The van der Waals surface area contributed by atoms with Gasteiger partial charge in [-0.05, 0) is 60.9 Å². The Morgan fingerprint density at radius 1 is 0.919 bits per heavy atom. The molecule has 1 aliphatic heterocycles. The summed E-state index contributed by atoms with van der Waals surface area (Å²) in [6, 6.07) is 22.2. The summed E-state index contributed by atoms with van der Waals surface area (Å²) in [4.78, 5) is 19.7. The first-order valence-corrected chi connectivity index (χ1v) is 12.0. The molecule has 0 bridgehead atoms. The molecule has 37 heavy (non-hydrogen) atoms. The number of benzene rings is 3. The van der Waals surface area contributed by atoms with Gasteiger partial charge in [0, 0.05) is 11.3 Å². The zero-order valence-corrected chi connectivity index (χ0v) is 21.2. The molecule has 2 heterocycles. The molecule has 4 aromatic rings. The number of methoxy groups -OCH3 is 2. The molecule has 0 radical (unpaired) electrons. The van der Waals surface area contributed by atoms with Crippen molar-refractivity contribution in [3.05, 3.63) is 95.5 Å². The van der Waals surface area contributed by atoms with Crippen molar-refractivity contribution in [2.75, 3.05) is 19.1 Å². The maximum Gasteiger partial charge on any atom is 0.326 e. The molecule has 8 nitrogen and oxygen atoms in total. The van der Waals surface area contributed by atoms with Crippen molar-refractivity contribution >= 4 is 17.3 Å². The van der Waals surface area contributed by atoms with E-state index in [1.54, 1.807) is 19.1 Å². The molecule has 0 aliphatic carbocycles. The van der Waals surface area contributed by atoms with E-state index < -0.39 is 6.04 Å². The summed E-state index contributed by atoms with van der Waals surface area (Å²) < 4.78 is 16.4. The molecule has 1 aliphatic rings.